The highest BCUT2D eigenvalue weighted by Gasteiger charge is 2.42. The Bertz CT molecular complexity index is 750. The zero-order valence-electron chi connectivity index (χ0n) is 16.2. The van der Waals surface area contributed by atoms with E-state index >= 15 is 0 Å². The number of rotatable bonds is 5. The van der Waals surface area contributed by atoms with Gasteiger partial charge in [0.1, 0.15) is 12.4 Å². The van der Waals surface area contributed by atoms with Crippen LogP contribution < -0.4 is 4.74 Å². The van der Waals surface area contributed by atoms with E-state index < -0.39 is 0 Å². The van der Waals surface area contributed by atoms with Gasteiger partial charge in [-0.15, -0.1) is 0 Å². The number of ether oxygens (including phenoxy) is 1. The smallest absolute Gasteiger partial charge is 0.123 e. The molecule has 0 radical (unpaired) electrons. The molecule has 2 aromatic carbocycles. The van der Waals surface area contributed by atoms with E-state index in [0.717, 1.165) is 23.6 Å². The first-order chi connectivity index (χ1) is 13.4. The highest BCUT2D eigenvalue weighted by atomic mass is 16.5. The van der Waals surface area contributed by atoms with Crippen molar-refractivity contribution in [3.63, 3.8) is 0 Å². The topological polar surface area (TPSA) is 12.5 Å². The van der Waals surface area contributed by atoms with Crippen LogP contribution in [-0.4, -0.2) is 24.0 Å². The predicted molar refractivity (Wildman–Crippen MR) is 110 cm³/mol. The van der Waals surface area contributed by atoms with Crippen molar-refractivity contribution in [2.75, 3.05) is 13.1 Å². The van der Waals surface area contributed by atoms with Crippen molar-refractivity contribution in [1.29, 1.82) is 0 Å². The molecular weight excluding hydrogens is 330 g/mol. The summed E-state index contributed by atoms with van der Waals surface area (Å²) in [5, 5.41) is 0. The number of hydrogen-bond donors (Lipinski definition) is 0. The number of nitrogens with zero attached hydrogens (tertiary/aromatic N) is 1. The fourth-order valence-corrected chi connectivity index (χ4v) is 5.89. The van der Waals surface area contributed by atoms with Crippen LogP contribution in [0.15, 0.2) is 54.6 Å². The minimum absolute atomic E-state index is 0.645. The maximum atomic E-state index is 6.23. The second kappa shape index (κ2) is 7.67. The molecule has 2 aromatic rings. The Morgan fingerprint density at radius 3 is 2.33 bits per heavy atom. The first-order valence-electron chi connectivity index (χ1n) is 10.9. The summed E-state index contributed by atoms with van der Waals surface area (Å²) in [5.41, 5.74) is 2.65. The molecule has 1 heterocycles. The molecule has 2 nitrogen and oxygen atoms in total. The summed E-state index contributed by atoms with van der Waals surface area (Å²) in [5.74, 6) is 3.78. The molecule has 1 saturated heterocycles. The number of benzene rings is 2. The standard InChI is InChI=1S/C25H31NO/c1-2-6-19(7-3-1)18-27-25-9-5-4-8-23(25)21-12-14-26(15-13-21)24-17-20-10-11-22(24)16-20/h1-9,20-22,24H,10-18H2/t20?,22?,24-/m0/s1. The molecule has 0 aromatic heterocycles. The number of para-hydroxylation sites is 1. The third kappa shape index (κ3) is 3.65. The third-order valence-electron chi connectivity index (χ3n) is 7.30. The monoisotopic (exact) mass is 361 g/mol. The second-order valence-electron chi connectivity index (χ2n) is 8.86. The Balaban J connectivity index is 1.22. The van der Waals surface area contributed by atoms with Crippen molar-refractivity contribution in [2.45, 2.75) is 57.1 Å². The SMILES string of the molecule is c1ccc(COc2ccccc2C2CCN([C@H]3CC4CCC3C4)CC2)cc1. The van der Waals surface area contributed by atoms with Crippen LogP contribution in [0, 0.1) is 11.8 Å². The lowest BCUT2D eigenvalue weighted by atomic mass is 9.86. The Kier molecular flexibility index (Phi) is 4.92. The third-order valence-corrected chi connectivity index (χ3v) is 7.30. The van der Waals surface area contributed by atoms with E-state index in [1.807, 2.05) is 0 Å². The molecule has 2 saturated carbocycles. The van der Waals surface area contributed by atoms with Gasteiger partial charge in [0, 0.05) is 6.04 Å². The summed E-state index contributed by atoms with van der Waals surface area (Å²) in [7, 11) is 0. The summed E-state index contributed by atoms with van der Waals surface area (Å²) in [4.78, 5) is 2.83. The number of hydrogen-bond acceptors (Lipinski definition) is 2. The van der Waals surface area contributed by atoms with Gasteiger partial charge in [-0.2, -0.15) is 0 Å². The van der Waals surface area contributed by atoms with Crippen LogP contribution in [0.2, 0.25) is 0 Å². The van der Waals surface area contributed by atoms with E-state index in [2.05, 4.69) is 59.5 Å². The lowest BCUT2D eigenvalue weighted by Crippen LogP contribution is -2.43. The molecule has 3 aliphatic rings. The molecule has 0 N–H and O–H groups in total. The van der Waals surface area contributed by atoms with E-state index in [0.29, 0.717) is 12.5 Å². The molecule has 2 unspecified atom stereocenters. The lowest BCUT2D eigenvalue weighted by molar-refractivity contribution is 0.110. The zero-order chi connectivity index (χ0) is 18.1. The van der Waals surface area contributed by atoms with Gasteiger partial charge in [0.25, 0.3) is 0 Å². The molecule has 0 spiro atoms. The van der Waals surface area contributed by atoms with E-state index in [-0.39, 0.29) is 0 Å². The molecule has 3 fully saturated rings. The first-order valence-corrected chi connectivity index (χ1v) is 10.9. The summed E-state index contributed by atoms with van der Waals surface area (Å²) < 4.78 is 6.23. The molecule has 2 aliphatic carbocycles. The van der Waals surface area contributed by atoms with Gasteiger partial charge in [-0.1, -0.05) is 55.0 Å². The van der Waals surface area contributed by atoms with Crippen LogP contribution in [-0.2, 0) is 6.61 Å². The molecule has 1 aliphatic heterocycles. The van der Waals surface area contributed by atoms with Gasteiger partial charge in [0.2, 0.25) is 0 Å². The van der Waals surface area contributed by atoms with Crippen LogP contribution >= 0.6 is 0 Å². The molecule has 2 bridgehead atoms. The van der Waals surface area contributed by atoms with Gasteiger partial charge in [0.15, 0.2) is 0 Å². The maximum Gasteiger partial charge on any atom is 0.123 e. The summed E-state index contributed by atoms with van der Waals surface area (Å²) in [6.45, 7) is 3.19. The number of likely N-dealkylation sites (tertiary alicyclic amines) is 1. The average molecular weight is 362 g/mol. The van der Waals surface area contributed by atoms with Crippen molar-refractivity contribution >= 4 is 0 Å². The van der Waals surface area contributed by atoms with Crippen molar-refractivity contribution in [3.8, 4) is 5.75 Å². The quantitative estimate of drug-likeness (QED) is 0.684. The van der Waals surface area contributed by atoms with Gasteiger partial charge in [-0.3, -0.25) is 0 Å². The van der Waals surface area contributed by atoms with Crippen LogP contribution in [0.4, 0.5) is 0 Å². The van der Waals surface area contributed by atoms with Gasteiger partial charge < -0.3 is 9.64 Å². The zero-order valence-corrected chi connectivity index (χ0v) is 16.2. The Morgan fingerprint density at radius 2 is 1.59 bits per heavy atom. The highest BCUT2D eigenvalue weighted by molar-refractivity contribution is 5.37. The van der Waals surface area contributed by atoms with Gasteiger partial charge in [-0.25, -0.2) is 0 Å². The van der Waals surface area contributed by atoms with Crippen LogP contribution in [0.1, 0.15) is 55.6 Å². The fraction of sp³-hybridized carbons (Fsp3) is 0.520. The van der Waals surface area contributed by atoms with Crippen LogP contribution in [0.5, 0.6) is 5.75 Å². The van der Waals surface area contributed by atoms with Crippen molar-refractivity contribution in [2.24, 2.45) is 11.8 Å². The second-order valence-corrected chi connectivity index (χ2v) is 8.86. The maximum absolute atomic E-state index is 6.23. The minimum atomic E-state index is 0.645. The molecule has 27 heavy (non-hydrogen) atoms. The van der Waals surface area contributed by atoms with Crippen LogP contribution in [0.25, 0.3) is 0 Å². The van der Waals surface area contributed by atoms with Gasteiger partial charge >= 0.3 is 0 Å². The Hall–Kier alpha value is -1.80. The Morgan fingerprint density at radius 1 is 0.815 bits per heavy atom. The first kappa shape index (κ1) is 17.3. The van der Waals surface area contributed by atoms with E-state index in [4.69, 9.17) is 4.74 Å². The van der Waals surface area contributed by atoms with Crippen molar-refractivity contribution in [3.05, 3.63) is 65.7 Å². The highest BCUT2D eigenvalue weighted by Crippen LogP contribution is 2.47. The lowest BCUT2D eigenvalue weighted by Gasteiger charge is -2.40. The summed E-state index contributed by atoms with van der Waals surface area (Å²) in [6.07, 6.45) is 8.54. The Labute approximate surface area is 163 Å². The normalized spacial score (nSPS) is 28.5. The van der Waals surface area contributed by atoms with Crippen molar-refractivity contribution in [1.82, 2.24) is 4.90 Å². The van der Waals surface area contributed by atoms with Crippen LogP contribution in [0.3, 0.4) is 0 Å². The largest absolute Gasteiger partial charge is 0.489 e. The summed E-state index contributed by atoms with van der Waals surface area (Å²) in [6, 6.07) is 20.1. The van der Waals surface area contributed by atoms with Crippen molar-refractivity contribution < 1.29 is 4.74 Å². The average Bonchev–Trinajstić information content (AvgIpc) is 3.37. The number of fused-ring (bicyclic) bond motifs is 2. The fourth-order valence-electron chi connectivity index (χ4n) is 5.89. The summed E-state index contributed by atoms with van der Waals surface area (Å²) >= 11 is 0. The molecule has 0 amide bonds. The van der Waals surface area contributed by atoms with E-state index in [1.54, 1.807) is 0 Å². The van der Waals surface area contributed by atoms with Gasteiger partial charge in [0.05, 0.1) is 0 Å². The number of piperidine rings is 1. The van der Waals surface area contributed by atoms with E-state index in [1.165, 1.54) is 62.7 Å². The van der Waals surface area contributed by atoms with Gasteiger partial charge in [-0.05, 0) is 80.1 Å². The predicted octanol–water partition coefficient (Wildman–Crippen LogP) is 5.63. The molecular formula is C25H31NO. The van der Waals surface area contributed by atoms with E-state index in [9.17, 15) is 0 Å². The molecule has 2 heteroatoms. The molecule has 3 atom stereocenters. The molecule has 142 valence electrons. The minimum Gasteiger partial charge on any atom is -0.489 e. The molecule has 5 rings (SSSR count).